The van der Waals surface area contributed by atoms with Crippen LogP contribution in [0.1, 0.15) is 11.3 Å². The van der Waals surface area contributed by atoms with Crippen LogP contribution in [-0.2, 0) is 21.8 Å². The molecule has 0 amide bonds. The Bertz CT molecular complexity index is 493. The van der Waals surface area contributed by atoms with Crippen LogP contribution in [0.25, 0.3) is 0 Å². The number of esters is 1. The van der Waals surface area contributed by atoms with Crippen LogP contribution in [0, 0.1) is 0 Å². The fourth-order valence-corrected chi connectivity index (χ4v) is 1.63. The average Bonchev–Trinajstić information content (AvgIpc) is 2.38. The lowest BCUT2D eigenvalue weighted by molar-refractivity contribution is -0.275. The summed E-state index contributed by atoms with van der Waals surface area (Å²) in [5.74, 6) is -1.81. The molecule has 1 aromatic rings. The molecule has 0 bridgehead atoms. The monoisotopic (exact) mass is 313 g/mol. The number of rotatable bonds is 5. The number of carbonyl (C=O) groups excluding carboxylic acids is 1. The summed E-state index contributed by atoms with van der Waals surface area (Å²) in [6.07, 6.45) is -4.31. The smallest absolute Gasteiger partial charge is 0.491 e. The Kier molecular flexibility index (Phi) is 5.43. The van der Waals surface area contributed by atoms with Crippen molar-refractivity contribution in [2.24, 2.45) is 0 Å². The molecule has 0 aliphatic heterocycles. The van der Waals surface area contributed by atoms with E-state index in [4.69, 9.17) is 16.3 Å². The van der Waals surface area contributed by atoms with Gasteiger partial charge in [-0.25, -0.2) is 0 Å². The van der Waals surface area contributed by atoms with E-state index in [1.165, 1.54) is 0 Å². The summed E-state index contributed by atoms with van der Waals surface area (Å²) < 4.78 is 50.5. The average molecular weight is 314 g/mol. The van der Waals surface area contributed by atoms with Crippen LogP contribution in [0.4, 0.5) is 13.2 Å². The molecule has 0 aliphatic rings. The topological polar surface area (TPSA) is 57.7 Å². The number of pyridine rings is 1. The molecule has 0 radical (unpaired) electrons. The number of aromatic nitrogens is 1. The zero-order valence-electron chi connectivity index (χ0n) is 10.6. The number of methoxy groups -OCH3 is 2. The van der Waals surface area contributed by atoms with E-state index >= 15 is 0 Å². The maximum atomic E-state index is 12.4. The molecule has 0 saturated heterocycles. The van der Waals surface area contributed by atoms with Crippen molar-refractivity contribution in [3.63, 3.8) is 0 Å². The first-order valence-corrected chi connectivity index (χ1v) is 5.79. The molecule has 0 saturated carbocycles. The van der Waals surface area contributed by atoms with Crippen LogP contribution >= 0.6 is 11.6 Å². The summed E-state index contributed by atoms with van der Waals surface area (Å²) in [6, 6.07) is 0. The second kappa shape index (κ2) is 6.65. The fraction of sp³-hybridized carbons (Fsp3) is 0.455. The first-order valence-electron chi connectivity index (χ1n) is 5.25. The highest BCUT2D eigenvalue weighted by Gasteiger charge is 2.35. The number of halogens is 4. The van der Waals surface area contributed by atoms with Gasteiger partial charge >= 0.3 is 12.3 Å². The van der Waals surface area contributed by atoms with Crippen LogP contribution in [0.2, 0.25) is 0 Å². The molecule has 0 fully saturated rings. The van der Waals surface area contributed by atoms with Crippen molar-refractivity contribution in [2.45, 2.75) is 18.7 Å². The third-order valence-electron chi connectivity index (χ3n) is 2.25. The summed E-state index contributed by atoms with van der Waals surface area (Å²) in [5, 5.41) is 0. The van der Waals surface area contributed by atoms with Gasteiger partial charge in [0.15, 0.2) is 11.5 Å². The van der Waals surface area contributed by atoms with Crippen molar-refractivity contribution in [2.75, 3.05) is 14.2 Å². The molecule has 9 heteroatoms. The molecular formula is C11H11ClF3NO4. The molecule has 1 heterocycles. The van der Waals surface area contributed by atoms with E-state index in [1.807, 2.05) is 0 Å². The van der Waals surface area contributed by atoms with Crippen LogP contribution < -0.4 is 9.47 Å². The van der Waals surface area contributed by atoms with E-state index in [2.05, 4.69) is 14.5 Å². The van der Waals surface area contributed by atoms with Crippen molar-refractivity contribution in [1.82, 2.24) is 4.98 Å². The molecular weight excluding hydrogens is 303 g/mol. The Balaban J connectivity index is 3.31. The summed E-state index contributed by atoms with van der Waals surface area (Å²) in [7, 11) is 2.27. The lowest BCUT2D eigenvalue weighted by Crippen LogP contribution is -2.20. The SMILES string of the molecule is COC(=O)Cc1cnc(CCl)c(OC)c1OC(F)(F)F. The van der Waals surface area contributed by atoms with E-state index in [-0.39, 0.29) is 22.9 Å². The quantitative estimate of drug-likeness (QED) is 0.617. The first kappa shape index (κ1) is 16.4. The van der Waals surface area contributed by atoms with Gasteiger partial charge in [0.2, 0.25) is 0 Å². The minimum absolute atomic E-state index is 0.0713. The zero-order valence-corrected chi connectivity index (χ0v) is 11.3. The third kappa shape index (κ3) is 4.16. The number of hydrogen-bond acceptors (Lipinski definition) is 5. The summed E-state index contributed by atoms with van der Waals surface area (Å²) in [4.78, 5) is 15.0. The summed E-state index contributed by atoms with van der Waals surface area (Å²) in [6.45, 7) is 0. The van der Waals surface area contributed by atoms with Gasteiger partial charge in [-0.15, -0.1) is 24.8 Å². The number of hydrogen-bond donors (Lipinski definition) is 0. The van der Waals surface area contributed by atoms with Gasteiger partial charge in [0.1, 0.15) is 5.69 Å². The van der Waals surface area contributed by atoms with Gasteiger partial charge in [-0.3, -0.25) is 9.78 Å². The van der Waals surface area contributed by atoms with E-state index < -0.39 is 24.5 Å². The van der Waals surface area contributed by atoms with Gasteiger partial charge in [0.25, 0.3) is 0 Å². The first-order chi connectivity index (χ1) is 9.32. The molecule has 112 valence electrons. The minimum Gasteiger partial charge on any atom is -0.491 e. The molecule has 0 unspecified atom stereocenters. The molecule has 5 nitrogen and oxygen atoms in total. The Hall–Kier alpha value is -1.70. The Morgan fingerprint density at radius 1 is 1.35 bits per heavy atom. The number of alkyl halides is 4. The molecule has 20 heavy (non-hydrogen) atoms. The molecule has 0 N–H and O–H groups in total. The predicted octanol–water partition coefficient (Wildman–Crippen LogP) is 2.44. The van der Waals surface area contributed by atoms with Crippen molar-refractivity contribution < 1.29 is 32.2 Å². The number of ether oxygens (including phenoxy) is 3. The number of carbonyl (C=O) groups is 1. The minimum atomic E-state index is -4.94. The number of nitrogens with zero attached hydrogens (tertiary/aromatic N) is 1. The van der Waals surface area contributed by atoms with Crippen LogP contribution in [0.3, 0.4) is 0 Å². The third-order valence-corrected chi connectivity index (χ3v) is 2.50. The summed E-state index contributed by atoms with van der Waals surface area (Å²) in [5.41, 5.74) is -0.0399. The zero-order chi connectivity index (χ0) is 15.3. The van der Waals surface area contributed by atoms with Gasteiger partial charge < -0.3 is 14.2 Å². The highest BCUT2D eigenvalue weighted by Crippen LogP contribution is 2.38. The Morgan fingerprint density at radius 2 is 2.00 bits per heavy atom. The lowest BCUT2D eigenvalue weighted by atomic mass is 10.1. The van der Waals surface area contributed by atoms with Gasteiger partial charge in [-0.2, -0.15) is 0 Å². The van der Waals surface area contributed by atoms with E-state index in [1.54, 1.807) is 0 Å². The second-order valence-electron chi connectivity index (χ2n) is 3.53. The maximum Gasteiger partial charge on any atom is 0.573 e. The van der Waals surface area contributed by atoms with Gasteiger partial charge in [0, 0.05) is 11.8 Å². The molecule has 1 aromatic heterocycles. The van der Waals surface area contributed by atoms with Crippen molar-refractivity contribution >= 4 is 17.6 Å². The highest BCUT2D eigenvalue weighted by molar-refractivity contribution is 6.17. The van der Waals surface area contributed by atoms with Crippen molar-refractivity contribution in [1.29, 1.82) is 0 Å². The van der Waals surface area contributed by atoms with E-state index in [9.17, 15) is 18.0 Å². The Labute approximate surface area is 117 Å². The van der Waals surface area contributed by atoms with Crippen LogP contribution in [0.15, 0.2) is 6.20 Å². The highest BCUT2D eigenvalue weighted by atomic mass is 35.5. The molecule has 1 rings (SSSR count). The Morgan fingerprint density at radius 3 is 2.45 bits per heavy atom. The molecule has 0 aliphatic carbocycles. The molecule has 0 aromatic carbocycles. The largest absolute Gasteiger partial charge is 0.573 e. The van der Waals surface area contributed by atoms with Gasteiger partial charge in [-0.1, -0.05) is 0 Å². The molecule has 0 atom stereocenters. The predicted molar refractivity (Wildman–Crippen MR) is 62.7 cm³/mol. The van der Waals surface area contributed by atoms with E-state index in [0.29, 0.717) is 0 Å². The fourth-order valence-electron chi connectivity index (χ4n) is 1.44. The molecule has 0 spiro atoms. The maximum absolute atomic E-state index is 12.4. The standard InChI is InChI=1S/C11H11ClF3NO4/c1-18-8(17)3-6-5-16-7(4-12)10(19-2)9(6)20-11(13,14)15/h5H,3-4H2,1-2H3. The van der Waals surface area contributed by atoms with Crippen molar-refractivity contribution in [3.8, 4) is 11.5 Å². The van der Waals surface area contributed by atoms with Gasteiger partial charge in [0.05, 0.1) is 26.5 Å². The van der Waals surface area contributed by atoms with Crippen LogP contribution in [-0.4, -0.2) is 31.5 Å². The van der Waals surface area contributed by atoms with Gasteiger partial charge in [-0.05, 0) is 0 Å². The van der Waals surface area contributed by atoms with E-state index in [0.717, 1.165) is 20.4 Å². The lowest BCUT2D eigenvalue weighted by Gasteiger charge is -2.17. The van der Waals surface area contributed by atoms with Crippen molar-refractivity contribution in [3.05, 3.63) is 17.5 Å². The second-order valence-corrected chi connectivity index (χ2v) is 3.79. The van der Waals surface area contributed by atoms with Crippen LogP contribution in [0.5, 0.6) is 11.5 Å². The normalized spacial score (nSPS) is 11.1. The summed E-state index contributed by atoms with van der Waals surface area (Å²) >= 11 is 5.57.